The summed E-state index contributed by atoms with van der Waals surface area (Å²) in [5.41, 5.74) is 5.89. The number of nitrogens with zero attached hydrogens (tertiary/aromatic N) is 2. The summed E-state index contributed by atoms with van der Waals surface area (Å²) in [6.45, 7) is 4.36. The number of fused-ring (bicyclic) bond motifs is 1. The summed E-state index contributed by atoms with van der Waals surface area (Å²) in [6.07, 6.45) is 5.72. The minimum atomic E-state index is 1.05. The lowest BCUT2D eigenvalue weighted by Crippen LogP contribution is -1.97. The Morgan fingerprint density at radius 3 is 2.60 bits per heavy atom. The molecular weight excluding hydrogens is 244 g/mol. The smallest absolute Gasteiger partial charge is 0.140 e. The largest absolute Gasteiger partial charge is 0.303 e. The first-order valence-electron chi connectivity index (χ1n) is 7.32. The molecule has 2 aromatic heterocycles. The van der Waals surface area contributed by atoms with Crippen molar-refractivity contribution in [3.8, 4) is 11.3 Å². The van der Waals surface area contributed by atoms with E-state index in [-0.39, 0.29) is 0 Å². The lowest BCUT2D eigenvalue weighted by atomic mass is 10.1. The third kappa shape index (κ3) is 2.34. The Balaban J connectivity index is 2.12. The molecular formula is C18H20N2. The normalized spacial score (nSPS) is 11.1. The van der Waals surface area contributed by atoms with Gasteiger partial charge in [0, 0.05) is 17.5 Å². The molecule has 0 aliphatic heterocycles. The van der Waals surface area contributed by atoms with Gasteiger partial charge in [0.05, 0.1) is 5.69 Å². The van der Waals surface area contributed by atoms with E-state index in [1.165, 1.54) is 29.7 Å². The number of rotatable bonds is 4. The second kappa shape index (κ2) is 5.49. The molecule has 2 heteroatoms. The van der Waals surface area contributed by atoms with Gasteiger partial charge in [-0.3, -0.25) is 0 Å². The van der Waals surface area contributed by atoms with Crippen LogP contribution in [0.25, 0.3) is 16.9 Å². The van der Waals surface area contributed by atoms with Crippen molar-refractivity contribution in [2.24, 2.45) is 0 Å². The van der Waals surface area contributed by atoms with E-state index in [1.54, 1.807) is 0 Å². The molecule has 0 N–H and O–H groups in total. The average Bonchev–Trinajstić information content (AvgIpc) is 2.94. The quantitative estimate of drug-likeness (QED) is 0.670. The van der Waals surface area contributed by atoms with Gasteiger partial charge in [0.15, 0.2) is 0 Å². The van der Waals surface area contributed by atoms with Crippen molar-refractivity contribution < 1.29 is 0 Å². The second-order valence-electron chi connectivity index (χ2n) is 5.30. The fourth-order valence-electron chi connectivity index (χ4n) is 2.56. The van der Waals surface area contributed by atoms with Gasteiger partial charge in [-0.05, 0) is 31.4 Å². The Bertz CT molecular complexity index is 711. The monoisotopic (exact) mass is 264 g/mol. The molecule has 2 nitrogen and oxygen atoms in total. The number of benzene rings is 1. The van der Waals surface area contributed by atoms with E-state index in [0.29, 0.717) is 0 Å². The van der Waals surface area contributed by atoms with Crippen molar-refractivity contribution >= 4 is 5.65 Å². The highest BCUT2D eigenvalue weighted by molar-refractivity contribution is 5.64. The van der Waals surface area contributed by atoms with E-state index in [0.717, 1.165) is 17.8 Å². The highest BCUT2D eigenvalue weighted by atomic mass is 15.0. The number of aryl methyl sites for hydroxylation is 2. The van der Waals surface area contributed by atoms with Crippen LogP contribution in [-0.4, -0.2) is 9.38 Å². The van der Waals surface area contributed by atoms with Gasteiger partial charge in [-0.15, -0.1) is 0 Å². The van der Waals surface area contributed by atoms with Gasteiger partial charge in [-0.2, -0.15) is 0 Å². The van der Waals surface area contributed by atoms with Crippen LogP contribution in [0.4, 0.5) is 0 Å². The lowest BCUT2D eigenvalue weighted by molar-refractivity contribution is 0.766. The summed E-state index contributed by atoms with van der Waals surface area (Å²) in [4.78, 5) is 4.81. The molecule has 0 saturated carbocycles. The number of imidazole rings is 1. The predicted octanol–water partition coefficient (Wildman–Crippen LogP) is 4.65. The SMILES string of the molecule is CCCCc1ccc(C)c2nc(-c3ccccc3)cn12. The average molecular weight is 264 g/mol. The van der Waals surface area contributed by atoms with Gasteiger partial charge in [0.25, 0.3) is 0 Å². The van der Waals surface area contributed by atoms with E-state index in [1.807, 2.05) is 6.07 Å². The molecule has 0 radical (unpaired) electrons. The molecule has 0 amide bonds. The van der Waals surface area contributed by atoms with Crippen molar-refractivity contribution in [1.29, 1.82) is 0 Å². The van der Waals surface area contributed by atoms with Crippen LogP contribution in [0.5, 0.6) is 0 Å². The van der Waals surface area contributed by atoms with Gasteiger partial charge in [0.1, 0.15) is 5.65 Å². The number of unbranched alkanes of at least 4 members (excludes halogenated alkanes) is 1. The third-order valence-electron chi connectivity index (χ3n) is 3.75. The fraction of sp³-hybridized carbons (Fsp3) is 0.278. The van der Waals surface area contributed by atoms with Crippen LogP contribution >= 0.6 is 0 Å². The Kier molecular flexibility index (Phi) is 3.55. The molecule has 0 unspecified atom stereocenters. The molecule has 3 aromatic rings. The van der Waals surface area contributed by atoms with Crippen LogP contribution in [-0.2, 0) is 6.42 Å². The molecule has 0 bridgehead atoms. The van der Waals surface area contributed by atoms with Crippen molar-refractivity contribution in [2.45, 2.75) is 33.1 Å². The van der Waals surface area contributed by atoms with Gasteiger partial charge in [-0.25, -0.2) is 4.98 Å². The van der Waals surface area contributed by atoms with Gasteiger partial charge in [0.2, 0.25) is 0 Å². The zero-order chi connectivity index (χ0) is 13.9. The Labute approximate surface area is 120 Å². The van der Waals surface area contributed by atoms with E-state index < -0.39 is 0 Å². The molecule has 102 valence electrons. The van der Waals surface area contributed by atoms with E-state index in [4.69, 9.17) is 4.98 Å². The summed E-state index contributed by atoms with van der Waals surface area (Å²) in [5, 5.41) is 0. The van der Waals surface area contributed by atoms with E-state index in [9.17, 15) is 0 Å². The molecule has 20 heavy (non-hydrogen) atoms. The van der Waals surface area contributed by atoms with Crippen LogP contribution in [0.1, 0.15) is 31.0 Å². The zero-order valence-electron chi connectivity index (χ0n) is 12.1. The Morgan fingerprint density at radius 1 is 1.05 bits per heavy atom. The van der Waals surface area contributed by atoms with E-state index >= 15 is 0 Å². The molecule has 1 aromatic carbocycles. The highest BCUT2D eigenvalue weighted by Crippen LogP contribution is 2.22. The number of aromatic nitrogens is 2. The fourth-order valence-corrected chi connectivity index (χ4v) is 2.56. The maximum atomic E-state index is 4.81. The third-order valence-corrected chi connectivity index (χ3v) is 3.75. The molecule has 3 rings (SSSR count). The first-order chi connectivity index (χ1) is 9.79. The lowest BCUT2D eigenvalue weighted by Gasteiger charge is -2.06. The zero-order valence-corrected chi connectivity index (χ0v) is 12.1. The van der Waals surface area contributed by atoms with Gasteiger partial charge >= 0.3 is 0 Å². The summed E-state index contributed by atoms with van der Waals surface area (Å²) in [7, 11) is 0. The van der Waals surface area contributed by atoms with Crippen LogP contribution in [0, 0.1) is 6.92 Å². The summed E-state index contributed by atoms with van der Waals surface area (Å²) in [6, 6.07) is 14.8. The molecule has 0 saturated heterocycles. The maximum Gasteiger partial charge on any atom is 0.140 e. The Morgan fingerprint density at radius 2 is 1.85 bits per heavy atom. The molecule has 2 heterocycles. The molecule has 0 aliphatic carbocycles. The van der Waals surface area contributed by atoms with Crippen molar-refractivity contribution in [3.05, 3.63) is 59.9 Å². The number of pyridine rings is 1. The van der Waals surface area contributed by atoms with Crippen LogP contribution in [0.3, 0.4) is 0 Å². The molecule has 0 fully saturated rings. The number of hydrogen-bond donors (Lipinski definition) is 0. The molecule has 0 aliphatic rings. The van der Waals surface area contributed by atoms with E-state index in [2.05, 4.69) is 60.8 Å². The Hall–Kier alpha value is -2.09. The van der Waals surface area contributed by atoms with Crippen molar-refractivity contribution in [1.82, 2.24) is 9.38 Å². The van der Waals surface area contributed by atoms with Gasteiger partial charge < -0.3 is 4.40 Å². The molecule has 0 atom stereocenters. The molecule has 0 spiro atoms. The van der Waals surface area contributed by atoms with Crippen LogP contribution < -0.4 is 0 Å². The van der Waals surface area contributed by atoms with Crippen LogP contribution in [0.15, 0.2) is 48.7 Å². The number of hydrogen-bond acceptors (Lipinski definition) is 1. The topological polar surface area (TPSA) is 17.3 Å². The maximum absolute atomic E-state index is 4.81. The van der Waals surface area contributed by atoms with Crippen LogP contribution in [0.2, 0.25) is 0 Å². The summed E-state index contributed by atoms with van der Waals surface area (Å²) >= 11 is 0. The minimum absolute atomic E-state index is 1.05. The van der Waals surface area contributed by atoms with Gasteiger partial charge in [-0.1, -0.05) is 49.7 Å². The standard InChI is InChI=1S/C18H20N2/c1-3-4-10-16-12-11-14(2)18-19-17(13-20(16)18)15-8-6-5-7-9-15/h5-9,11-13H,3-4,10H2,1-2H3. The minimum Gasteiger partial charge on any atom is -0.303 e. The predicted molar refractivity (Wildman–Crippen MR) is 84.0 cm³/mol. The summed E-state index contributed by atoms with van der Waals surface area (Å²) in [5.74, 6) is 0. The first-order valence-corrected chi connectivity index (χ1v) is 7.32. The first kappa shape index (κ1) is 12.9. The highest BCUT2D eigenvalue weighted by Gasteiger charge is 2.09. The van der Waals surface area contributed by atoms with Crippen molar-refractivity contribution in [3.63, 3.8) is 0 Å². The second-order valence-corrected chi connectivity index (χ2v) is 5.30. The summed E-state index contributed by atoms with van der Waals surface area (Å²) < 4.78 is 2.26. The van der Waals surface area contributed by atoms with Crippen molar-refractivity contribution in [2.75, 3.05) is 0 Å².